The number of nitrogens with one attached hydrogen (secondary N) is 1. The number of hydrogen-bond donors (Lipinski definition) is 1. The van der Waals surface area contributed by atoms with Crippen LogP contribution >= 0.6 is 0 Å². The van der Waals surface area contributed by atoms with E-state index in [0.29, 0.717) is 25.2 Å². The molecule has 124 valence electrons. The number of rotatable bonds is 5. The van der Waals surface area contributed by atoms with E-state index in [4.69, 9.17) is 4.74 Å². The van der Waals surface area contributed by atoms with E-state index in [9.17, 15) is 13.2 Å². The summed E-state index contributed by atoms with van der Waals surface area (Å²) in [4.78, 5) is 0. The first kappa shape index (κ1) is 17.1. The summed E-state index contributed by atoms with van der Waals surface area (Å²) < 4.78 is 44.5. The van der Waals surface area contributed by atoms with Crippen LogP contribution in [-0.2, 0) is 4.74 Å². The highest BCUT2D eigenvalue weighted by molar-refractivity contribution is 4.89. The minimum atomic E-state index is -4.02. The van der Waals surface area contributed by atoms with Gasteiger partial charge in [-0.25, -0.2) is 0 Å². The van der Waals surface area contributed by atoms with Gasteiger partial charge in [0.2, 0.25) is 0 Å². The summed E-state index contributed by atoms with van der Waals surface area (Å²) in [5.41, 5.74) is 0. The van der Waals surface area contributed by atoms with E-state index in [0.717, 1.165) is 45.4 Å². The molecule has 3 unspecified atom stereocenters. The first-order chi connectivity index (χ1) is 10.0. The Morgan fingerprint density at radius 3 is 2.43 bits per heavy atom. The Morgan fingerprint density at radius 1 is 1.10 bits per heavy atom. The van der Waals surface area contributed by atoms with Gasteiger partial charge in [0.1, 0.15) is 0 Å². The highest BCUT2D eigenvalue weighted by Crippen LogP contribution is 2.42. The van der Waals surface area contributed by atoms with Crippen molar-refractivity contribution in [1.29, 1.82) is 0 Å². The Bertz CT molecular complexity index is 302. The van der Waals surface area contributed by atoms with Gasteiger partial charge in [-0.3, -0.25) is 0 Å². The largest absolute Gasteiger partial charge is 0.391 e. The van der Waals surface area contributed by atoms with Crippen molar-refractivity contribution >= 4 is 0 Å². The third-order valence-electron chi connectivity index (χ3n) is 5.09. The molecule has 21 heavy (non-hydrogen) atoms. The van der Waals surface area contributed by atoms with Gasteiger partial charge in [-0.1, -0.05) is 13.3 Å². The zero-order valence-corrected chi connectivity index (χ0v) is 12.9. The average molecular weight is 307 g/mol. The van der Waals surface area contributed by atoms with Crippen LogP contribution in [-0.4, -0.2) is 32.0 Å². The average Bonchev–Trinajstić information content (AvgIpc) is 2.48. The Kier molecular flexibility index (Phi) is 6.35. The van der Waals surface area contributed by atoms with Crippen molar-refractivity contribution in [1.82, 2.24) is 5.32 Å². The molecule has 0 aromatic carbocycles. The molecule has 0 amide bonds. The van der Waals surface area contributed by atoms with Gasteiger partial charge in [-0.05, 0) is 56.9 Å². The van der Waals surface area contributed by atoms with E-state index in [2.05, 4.69) is 12.2 Å². The van der Waals surface area contributed by atoms with Gasteiger partial charge in [0.25, 0.3) is 0 Å². The molecule has 1 saturated carbocycles. The topological polar surface area (TPSA) is 21.3 Å². The summed E-state index contributed by atoms with van der Waals surface area (Å²) in [5.74, 6) is -0.454. The van der Waals surface area contributed by atoms with E-state index in [1.165, 1.54) is 0 Å². The van der Waals surface area contributed by atoms with Crippen molar-refractivity contribution in [3.8, 4) is 0 Å². The SMILES string of the molecule is CCCNC(C1CCOCC1)C1CCCC(C(F)(F)F)C1. The van der Waals surface area contributed by atoms with Gasteiger partial charge < -0.3 is 10.1 Å². The summed E-state index contributed by atoms with van der Waals surface area (Å²) in [7, 11) is 0. The summed E-state index contributed by atoms with van der Waals surface area (Å²) in [6.45, 7) is 4.51. The van der Waals surface area contributed by atoms with Crippen molar-refractivity contribution in [3.05, 3.63) is 0 Å². The van der Waals surface area contributed by atoms with Crippen molar-refractivity contribution < 1.29 is 17.9 Å². The van der Waals surface area contributed by atoms with Gasteiger partial charge in [0.05, 0.1) is 5.92 Å². The molecule has 0 spiro atoms. The highest BCUT2D eigenvalue weighted by Gasteiger charge is 2.44. The molecule has 1 saturated heterocycles. The molecule has 2 aliphatic rings. The fourth-order valence-electron chi connectivity index (χ4n) is 3.96. The van der Waals surface area contributed by atoms with E-state index in [1.54, 1.807) is 0 Å². The maximum atomic E-state index is 13.0. The molecule has 1 aliphatic carbocycles. The van der Waals surface area contributed by atoms with Gasteiger partial charge in [0, 0.05) is 19.3 Å². The predicted octanol–water partition coefficient (Wildman–Crippen LogP) is 4.15. The smallest absolute Gasteiger partial charge is 0.381 e. The third kappa shape index (κ3) is 4.85. The van der Waals surface area contributed by atoms with Gasteiger partial charge in [0.15, 0.2) is 0 Å². The standard InChI is InChI=1S/C16H28F3NO/c1-2-8-20-15(12-6-9-21-10-7-12)13-4-3-5-14(11-13)16(17,18)19/h12-15,20H,2-11H2,1H3. The number of halogens is 3. The van der Waals surface area contributed by atoms with Gasteiger partial charge in [-0.15, -0.1) is 0 Å². The highest BCUT2D eigenvalue weighted by atomic mass is 19.4. The number of ether oxygens (including phenoxy) is 1. The Hall–Kier alpha value is -0.290. The molecule has 1 aliphatic heterocycles. The van der Waals surface area contributed by atoms with Crippen molar-refractivity contribution in [2.45, 2.75) is 64.1 Å². The number of hydrogen-bond acceptors (Lipinski definition) is 2. The minimum Gasteiger partial charge on any atom is -0.381 e. The Morgan fingerprint density at radius 2 is 1.81 bits per heavy atom. The second kappa shape index (κ2) is 7.82. The van der Waals surface area contributed by atoms with Crippen LogP contribution in [0.25, 0.3) is 0 Å². The molecule has 1 N–H and O–H groups in total. The summed E-state index contributed by atoms with van der Waals surface area (Å²) in [6, 6.07) is 0.235. The van der Waals surface area contributed by atoms with E-state index < -0.39 is 12.1 Å². The second-order valence-corrected chi connectivity index (χ2v) is 6.59. The van der Waals surface area contributed by atoms with Crippen LogP contribution in [0.2, 0.25) is 0 Å². The lowest BCUT2D eigenvalue weighted by Crippen LogP contribution is -2.47. The number of alkyl halides is 3. The van der Waals surface area contributed by atoms with Crippen LogP contribution in [0, 0.1) is 17.8 Å². The summed E-state index contributed by atoms with van der Waals surface area (Å²) in [5, 5.41) is 3.56. The van der Waals surface area contributed by atoms with Gasteiger partial charge in [-0.2, -0.15) is 13.2 Å². The molecule has 0 aromatic rings. The molecule has 2 fully saturated rings. The first-order valence-electron chi connectivity index (χ1n) is 8.40. The van der Waals surface area contributed by atoms with E-state index in [1.807, 2.05) is 0 Å². The summed E-state index contributed by atoms with van der Waals surface area (Å²) in [6.07, 6.45) is 1.23. The molecule has 5 heteroatoms. The van der Waals surface area contributed by atoms with E-state index >= 15 is 0 Å². The third-order valence-corrected chi connectivity index (χ3v) is 5.09. The molecule has 1 heterocycles. The van der Waals surface area contributed by atoms with Gasteiger partial charge >= 0.3 is 6.18 Å². The Labute approximate surface area is 125 Å². The quantitative estimate of drug-likeness (QED) is 0.824. The lowest BCUT2D eigenvalue weighted by molar-refractivity contribution is -0.187. The molecule has 2 rings (SSSR count). The lowest BCUT2D eigenvalue weighted by atomic mass is 9.72. The zero-order chi connectivity index (χ0) is 15.3. The van der Waals surface area contributed by atoms with E-state index in [-0.39, 0.29) is 12.0 Å². The summed E-state index contributed by atoms with van der Waals surface area (Å²) >= 11 is 0. The Balaban J connectivity index is 2.00. The normalized spacial score (nSPS) is 30.3. The molecule has 3 atom stereocenters. The maximum Gasteiger partial charge on any atom is 0.391 e. The van der Waals surface area contributed by atoms with Crippen LogP contribution < -0.4 is 5.32 Å². The predicted molar refractivity (Wildman–Crippen MR) is 77.1 cm³/mol. The molecular weight excluding hydrogens is 279 g/mol. The first-order valence-corrected chi connectivity index (χ1v) is 8.40. The van der Waals surface area contributed by atoms with Crippen LogP contribution in [0.4, 0.5) is 13.2 Å². The van der Waals surface area contributed by atoms with Crippen molar-refractivity contribution in [3.63, 3.8) is 0 Å². The molecule has 0 radical (unpaired) electrons. The van der Waals surface area contributed by atoms with Crippen LogP contribution in [0.1, 0.15) is 51.9 Å². The monoisotopic (exact) mass is 307 g/mol. The van der Waals surface area contributed by atoms with Crippen LogP contribution in [0.5, 0.6) is 0 Å². The molecule has 2 nitrogen and oxygen atoms in total. The fraction of sp³-hybridized carbons (Fsp3) is 1.00. The maximum absolute atomic E-state index is 13.0. The van der Waals surface area contributed by atoms with Crippen molar-refractivity contribution in [2.75, 3.05) is 19.8 Å². The minimum absolute atomic E-state index is 0.167. The van der Waals surface area contributed by atoms with Crippen LogP contribution in [0.3, 0.4) is 0 Å². The molecule has 0 bridgehead atoms. The molecule has 0 aromatic heterocycles. The lowest BCUT2D eigenvalue weighted by Gasteiger charge is -2.40. The van der Waals surface area contributed by atoms with Crippen molar-refractivity contribution in [2.24, 2.45) is 17.8 Å². The van der Waals surface area contributed by atoms with Crippen LogP contribution in [0.15, 0.2) is 0 Å². The second-order valence-electron chi connectivity index (χ2n) is 6.59. The fourth-order valence-corrected chi connectivity index (χ4v) is 3.96. The zero-order valence-electron chi connectivity index (χ0n) is 12.9. The molecular formula is C16H28F3NO.